The summed E-state index contributed by atoms with van der Waals surface area (Å²) in [5.41, 5.74) is 16.8. The van der Waals surface area contributed by atoms with E-state index < -0.39 is 0 Å². The number of nitrogens with two attached hydrogens (primary N) is 2. The summed E-state index contributed by atoms with van der Waals surface area (Å²) in [5, 5.41) is 0. The minimum Gasteiger partial charge on any atom is -0.383 e. The highest BCUT2D eigenvalue weighted by Crippen LogP contribution is 2.20. The second-order valence-electron chi connectivity index (χ2n) is 7.02. The zero-order valence-corrected chi connectivity index (χ0v) is 15.0. The van der Waals surface area contributed by atoms with Gasteiger partial charge in [0.2, 0.25) is 0 Å². The minimum absolute atomic E-state index is 0.421. The fraction of sp³-hybridized carbons (Fsp3) is 0.409. The summed E-state index contributed by atoms with van der Waals surface area (Å²) < 4.78 is 0. The number of rotatable bonds is 6. The molecule has 0 atom stereocenters. The van der Waals surface area contributed by atoms with E-state index in [1.807, 2.05) is 0 Å². The second-order valence-corrected chi connectivity index (χ2v) is 7.02. The van der Waals surface area contributed by atoms with Crippen LogP contribution in [0, 0.1) is 0 Å². The van der Waals surface area contributed by atoms with Gasteiger partial charge in [-0.05, 0) is 42.4 Å². The standard InChI is InChI=1S/C22H29N3/c23-16-19-10-8-17(9-11-19)6-7-18-12-14-20(15-13-18)22(24)25-21-4-2-1-3-5-21/h8-15,21H,1-7,16,23H2,(H2,24,25). The van der Waals surface area contributed by atoms with Gasteiger partial charge < -0.3 is 11.5 Å². The number of hydrogen-bond acceptors (Lipinski definition) is 2. The summed E-state index contributed by atoms with van der Waals surface area (Å²) in [5.74, 6) is 0.691. The lowest BCUT2D eigenvalue weighted by Gasteiger charge is -2.18. The molecule has 3 rings (SSSR count). The molecule has 0 spiro atoms. The highest BCUT2D eigenvalue weighted by atomic mass is 14.9. The van der Waals surface area contributed by atoms with Crippen LogP contribution in [0.25, 0.3) is 0 Å². The van der Waals surface area contributed by atoms with Gasteiger partial charge in [0.15, 0.2) is 0 Å². The predicted molar refractivity (Wildman–Crippen MR) is 106 cm³/mol. The van der Waals surface area contributed by atoms with E-state index in [9.17, 15) is 0 Å². The smallest absolute Gasteiger partial charge is 0.125 e. The van der Waals surface area contributed by atoms with Crippen molar-refractivity contribution in [2.24, 2.45) is 16.5 Å². The lowest BCUT2D eigenvalue weighted by atomic mass is 9.96. The van der Waals surface area contributed by atoms with Crippen molar-refractivity contribution in [2.45, 2.75) is 57.5 Å². The van der Waals surface area contributed by atoms with E-state index in [1.165, 1.54) is 48.8 Å². The molecule has 3 nitrogen and oxygen atoms in total. The maximum Gasteiger partial charge on any atom is 0.125 e. The molecule has 0 radical (unpaired) electrons. The molecule has 1 aliphatic carbocycles. The Hall–Kier alpha value is -2.13. The van der Waals surface area contributed by atoms with Crippen molar-refractivity contribution in [3.05, 3.63) is 70.8 Å². The zero-order valence-electron chi connectivity index (χ0n) is 15.0. The van der Waals surface area contributed by atoms with E-state index in [1.54, 1.807) is 0 Å². The van der Waals surface area contributed by atoms with Gasteiger partial charge in [0.25, 0.3) is 0 Å². The van der Waals surface area contributed by atoms with Crippen molar-refractivity contribution < 1.29 is 0 Å². The Kier molecular flexibility index (Phi) is 6.24. The molecule has 4 N–H and O–H groups in total. The molecule has 132 valence electrons. The monoisotopic (exact) mass is 335 g/mol. The van der Waals surface area contributed by atoms with E-state index in [0.29, 0.717) is 18.4 Å². The van der Waals surface area contributed by atoms with E-state index >= 15 is 0 Å². The Balaban J connectivity index is 1.56. The van der Waals surface area contributed by atoms with Crippen molar-refractivity contribution >= 4 is 5.84 Å². The van der Waals surface area contributed by atoms with Crippen LogP contribution in [0.5, 0.6) is 0 Å². The molecule has 0 saturated heterocycles. The van der Waals surface area contributed by atoms with Crippen LogP contribution in [-0.4, -0.2) is 11.9 Å². The summed E-state index contributed by atoms with van der Waals surface area (Å²) in [7, 11) is 0. The van der Waals surface area contributed by atoms with Gasteiger partial charge in [-0.1, -0.05) is 67.8 Å². The molecule has 1 fully saturated rings. The summed E-state index contributed by atoms with van der Waals surface area (Å²) in [6.45, 7) is 0.603. The first-order valence-electron chi connectivity index (χ1n) is 9.45. The van der Waals surface area contributed by atoms with Gasteiger partial charge in [-0.15, -0.1) is 0 Å². The van der Waals surface area contributed by atoms with Gasteiger partial charge in [-0.2, -0.15) is 0 Å². The fourth-order valence-electron chi connectivity index (χ4n) is 3.45. The lowest BCUT2D eigenvalue weighted by molar-refractivity contribution is 0.443. The quantitative estimate of drug-likeness (QED) is 0.620. The first kappa shape index (κ1) is 17.7. The third-order valence-corrected chi connectivity index (χ3v) is 5.11. The Labute approximate surface area is 151 Å². The zero-order chi connectivity index (χ0) is 17.5. The molecule has 0 amide bonds. The third kappa shape index (κ3) is 5.17. The molecule has 0 aromatic heterocycles. The maximum atomic E-state index is 6.21. The van der Waals surface area contributed by atoms with E-state index in [4.69, 9.17) is 16.5 Å². The van der Waals surface area contributed by atoms with Crippen LogP contribution in [-0.2, 0) is 19.4 Å². The summed E-state index contributed by atoms with van der Waals surface area (Å²) >= 11 is 0. The Bertz CT molecular complexity index is 680. The van der Waals surface area contributed by atoms with E-state index in [2.05, 4.69) is 48.5 Å². The largest absolute Gasteiger partial charge is 0.383 e. The minimum atomic E-state index is 0.421. The molecule has 1 aliphatic rings. The molecular weight excluding hydrogens is 306 g/mol. The Morgan fingerprint density at radius 1 is 0.800 bits per heavy atom. The van der Waals surface area contributed by atoms with Crippen LogP contribution in [0.1, 0.15) is 54.4 Å². The average molecular weight is 335 g/mol. The Morgan fingerprint density at radius 3 is 1.88 bits per heavy atom. The number of hydrogen-bond donors (Lipinski definition) is 2. The topological polar surface area (TPSA) is 64.4 Å². The third-order valence-electron chi connectivity index (χ3n) is 5.11. The predicted octanol–water partition coefficient (Wildman–Crippen LogP) is 3.97. The van der Waals surface area contributed by atoms with Crippen molar-refractivity contribution in [3.8, 4) is 0 Å². The molecule has 0 heterocycles. The van der Waals surface area contributed by atoms with Crippen molar-refractivity contribution in [2.75, 3.05) is 0 Å². The lowest BCUT2D eigenvalue weighted by Crippen LogP contribution is -2.19. The van der Waals surface area contributed by atoms with Gasteiger partial charge >= 0.3 is 0 Å². The molecule has 0 bridgehead atoms. The van der Waals surface area contributed by atoms with E-state index in [-0.39, 0.29) is 0 Å². The summed E-state index contributed by atoms with van der Waals surface area (Å²) in [4.78, 5) is 4.73. The molecule has 2 aromatic rings. The summed E-state index contributed by atoms with van der Waals surface area (Å²) in [6.07, 6.45) is 8.34. The highest BCUT2D eigenvalue weighted by Gasteiger charge is 2.12. The van der Waals surface area contributed by atoms with Gasteiger partial charge in [0, 0.05) is 12.1 Å². The van der Waals surface area contributed by atoms with Crippen LogP contribution < -0.4 is 11.5 Å². The molecule has 0 unspecified atom stereocenters. The average Bonchev–Trinajstić information content (AvgIpc) is 2.68. The molecule has 1 saturated carbocycles. The number of nitrogens with zero attached hydrogens (tertiary/aromatic N) is 1. The van der Waals surface area contributed by atoms with Crippen LogP contribution in [0.3, 0.4) is 0 Å². The molecule has 2 aromatic carbocycles. The second kappa shape index (κ2) is 8.82. The molecule has 25 heavy (non-hydrogen) atoms. The maximum absolute atomic E-state index is 6.21. The van der Waals surface area contributed by atoms with Gasteiger partial charge in [0.1, 0.15) is 5.84 Å². The van der Waals surface area contributed by atoms with E-state index in [0.717, 1.165) is 18.4 Å². The Morgan fingerprint density at radius 2 is 1.32 bits per heavy atom. The molecule has 0 aliphatic heterocycles. The number of amidine groups is 1. The van der Waals surface area contributed by atoms with Crippen LogP contribution in [0.15, 0.2) is 53.5 Å². The van der Waals surface area contributed by atoms with Gasteiger partial charge in [-0.3, -0.25) is 4.99 Å². The van der Waals surface area contributed by atoms with Gasteiger partial charge in [-0.25, -0.2) is 0 Å². The number of benzene rings is 2. The first-order chi connectivity index (χ1) is 12.2. The molecule has 3 heteroatoms. The first-order valence-corrected chi connectivity index (χ1v) is 9.45. The van der Waals surface area contributed by atoms with Crippen molar-refractivity contribution in [1.82, 2.24) is 0 Å². The normalized spacial score (nSPS) is 16.1. The number of aryl methyl sites for hydroxylation is 2. The fourth-order valence-corrected chi connectivity index (χ4v) is 3.45. The van der Waals surface area contributed by atoms with Crippen LogP contribution in [0.2, 0.25) is 0 Å². The van der Waals surface area contributed by atoms with Crippen LogP contribution >= 0.6 is 0 Å². The summed E-state index contributed by atoms with van der Waals surface area (Å²) in [6, 6.07) is 17.5. The molecular formula is C22H29N3. The van der Waals surface area contributed by atoms with Crippen molar-refractivity contribution in [1.29, 1.82) is 0 Å². The van der Waals surface area contributed by atoms with Crippen molar-refractivity contribution in [3.63, 3.8) is 0 Å². The number of aliphatic imine (C=N–C) groups is 1. The SMILES string of the molecule is NCc1ccc(CCc2ccc(C(N)=NC3CCCCC3)cc2)cc1. The highest BCUT2D eigenvalue weighted by molar-refractivity contribution is 5.97. The van der Waals surface area contributed by atoms with Crippen LogP contribution in [0.4, 0.5) is 0 Å². The van der Waals surface area contributed by atoms with Gasteiger partial charge in [0.05, 0.1) is 6.04 Å².